The number of hydrogen-bond donors (Lipinski definition) is 1. The molecule has 2 aromatic carbocycles. The summed E-state index contributed by atoms with van der Waals surface area (Å²) < 4.78 is 45.1. The molecule has 0 radical (unpaired) electrons. The number of halogens is 3. The minimum atomic E-state index is -0.969. The number of hydrogen-bond acceptors (Lipinski definition) is 3. The van der Waals surface area contributed by atoms with Gasteiger partial charge < -0.3 is 14.7 Å². The van der Waals surface area contributed by atoms with Crippen molar-refractivity contribution in [2.45, 2.75) is 31.5 Å². The number of carbonyl (C=O) groups is 1. The summed E-state index contributed by atoms with van der Waals surface area (Å²) in [5, 5.41) is 10.3. The molecule has 1 N–H and O–H groups in total. The summed E-state index contributed by atoms with van der Waals surface area (Å²) in [6.07, 6.45) is -0.672. The summed E-state index contributed by atoms with van der Waals surface area (Å²) in [5.74, 6) is -2.01. The van der Waals surface area contributed by atoms with Gasteiger partial charge in [-0.25, -0.2) is 13.2 Å². The highest BCUT2D eigenvalue weighted by molar-refractivity contribution is 5.76. The number of β-amino-alcohol motifs (C(OH)–C–C–N with tert-alkyl or cyclic N) is 1. The van der Waals surface area contributed by atoms with E-state index in [1.165, 1.54) is 17.0 Å². The van der Waals surface area contributed by atoms with Crippen molar-refractivity contribution in [2.24, 2.45) is 0 Å². The second-order valence-corrected chi connectivity index (χ2v) is 6.59. The molecule has 1 heterocycles. The van der Waals surface area contributed by atoms with Crippen LogP contribution < -0.4 is 4.74 Å². The van der Waals surface area contributed by atoms with Crippen molar-refractivity contribution in [1.82, 2.24) is 4.90 Å². The third-order valence-corrected chi connectivity index (χ3v) is 4.51. The maximum Gasteiger partial charge on any atom is 0.222 e. The molecule has 0 unspecified atom stereocenters. The first-order chi connectivity index (χ1) is 12.9. The molecule has 1 fully saturated rings. The molecule has 7 heteroatoms. The topological polar surface area (TPSA) is 49.8 Å². The average Bonchev–Trinajstić information content (AvgIpc) is 2.60. The van der Waals surface area contributed by atoms with E-state index in [9.17, 15) is 23.1 Å². The number of carbonyl (C=O) groups excluding carboxylic acids is 1. The molecule has 3 rings (SSSR count). The zero-order valence-electron chi connectivity index (χ0n) is 14.6. The molecule has 0 aliphatic carbocycles. The highest BCUT2D eigenvalue weighted by Crippen LogP contribution is 2.22. The Labute approximate surface area is 155 Å². The third kappa shape index (κ3) is 5.23. The van der Waals surface area contributed by atoms with Crippen LogP contribution in [0.15, 0.2) is 42.5 Å². The number of aliphatic hydroxyl groups is 1. The number of rotatable bonds is 5. The molecule has 4 nitrogen and oxygen atoms in total. The van der Waals surface area contributed by atoms with Crippen molar-refractivity contribution < 1.29 is 27.8 Å². The Hall–Kier alpha value is -2.54. The molecule has 0 bridgehead atoms. The lowest BCUT2D eigenvalue weighted by molar-refractivity contribution is -0.137. The lowest BCUT2D eigenvalue weighted by atomic mass is 10.0. The number of aliphatic hydroxyl groups excluding tert-OH is 1. The molecule has 0 saturated carbocycles. The second-order valence-electron chi connectivity index (χ2n) is 6.59. The molecule has 1 aliphatic heterocycles. The van der Waals surface area contributed by atoms with Gasteiger partial charge >= 0.3 is 0 Å². The van der Waals surface area contributed by atoms with Crippen LogP contribution in [0.2, 0.25) is 0 Å². The molecule has 0 spiro atoms. The number of likely N-dealkylation sites (tertiary alicyclic amines) is 1. The van der Waals surface area contributed by atoms with E-state index < -0.39 is 23.8 Å². The van der Waals surface area contributed by atoms with Crippen LogP contribution in [0.25, 0.3) is 0 Å². The predicted molar refractivity (Wildman–Crippen MR) is 92.7 cm³/mol. The van der Waals surface area contributed by atoms with Crippen LogP contribution in [-0.4, -0.2) is 41.2 Å². The summed E-state index contributed by atoms with van der Waals surface area (Å²) in [4.78, 5) is 13.9. The van der Waals surface area contributed by atoms with Crippen molar-refractivity contribution in [2.75, 3.05) is 13.1 Å². The molecular formula is C20H20F3NO3. The summed E-state index contributed by atoms with van der Waals surface area (Å²) in [7, 11) is 0. The Kier molecular flexibility index (Phi) is 6.01. The lowest BCUT2D eigenvalue weighted by Crippen LogP contribution is -2.51. The van der Waals surface area contributed by atoms with Gasteiger partial charge in [0.15, 0.2) is 0 Å². The minimum Gasteiger partial charge on any atom is -0.487 e. The average molecular weight is 379 g/mol. The highest BCUT2D eigenvalue weighted by atomic mass is 19.1. The molecule has 0 aromatic heterocycles. The van der Waals surface area contributed by atoms with E-state index in [1.54, 1.807) is 12.1 Å². The molecule has 2 atom stereocenters. The van der Waals surface area contributed by atoms with Crippen LogP contribution in [-0.2, 0) is 11.2 Å². The molecular weight excluding hydrogens is 359 g/mol. The number of ether oxygens (including phenoxy) is 1. The van der Waals surface area contributed by atoms with Gasteiger partial charge in [0, 0.05) is 37.6 Å². The minimum absolute atomic E-state index is 0.00225. The zero-order valence-corrected chi connectivity index (χ0v) is 14.6. The monoisotopic (exact) mass is 379 g/mol. The van der Waals surface area contributed by atoms with Crippen LogP contribution in [0.1, 0.15) is 18.4 Å². The SMILES string of the molecule is O=C(CCc1cccc(F)c1)N1CC[C@@H](Oc2cc(F)cc(F)c2)[C@H](O)C1. The fourth-order valence-electron chi connectivity index (χ4n) is 3.15. The summed E-state index contributed by atoms with van der Waals surface area (Å²) >= 11 is 0. The van der Waals surface area contributed by atoms with E-state index in [2.05, 4.69) is 0 Å². The number of piperidine rings is 1. The van der Waals surface area contributed by atoms with Crippen LogP contribution in [0.4, 0.5) is 13.2 Å². The Balaban J connectivity index is 1.52. The summed E-state index contributed by atoms with van der Waals surface area (Å²) in [6, 6.07) is 8.92. The van der Waals surface area contributed by atoms with Gasteiger partial charge in [0.2, 0.25) is 5.91 Å². The van der Waals surface area contributed by atoms with Crippen LogP contribution in [0, 0.1) is 17.5 Å². The van der Waals surface area contributed by atoms with Crippen LogP contribution in [0.5, 0.6) is 5.75 Å². The second kappa shape index (κ2) is 8.43. The van der Waals surface area contributed by atoms with Gasteiger partial charge in [0.05, 0.1) is 6.54 Å². The van der Waals surface area contributed by atoms with Gasteiger partial charge in [0.25, 0.3) is 0 Å². The van der Waals surface area contributed by atoms with E-state index in [0.29, 0.717) is 19.4 Å². The molecule has 1 amide bonds. The molecule has 1 aliphatic rings. The maximum atomic E-state index is 13.2. The molecule has 27 heavy (non-hydrogen) atoms. The number of amides is 1. The largest absolute Gasteiger partial charge is 0.487 e. The third-order valence-electron chi connectivity index (χ3n) is 4.51. The first-order valence-electron chi connectivity index (χ1n) is 8.74. The Morgan fingerprint density at radius 2 is 1.85 bits per heavy atom. The van der Waals surface area contributed by atoms with Crippen LogP contribution >= 0.6 is 0 Å². The quantitative estimate of drug-likeness (QED) is 0.869. The lowest BCUT2D eigenvalue weighted by Gasteiger charge is -2.36. The first-order valence-corrected chi connectivity index (χ1v) is 8.74. The number of nitrogens with zero attached hydrogens (tertiary/aromatic N) is 1. The van der Waals surface area contributed by atoms with Crippen molar-refractivity contribution in [3.8, 4) is 5.75 Å². The van der Waals surface area contributed by atoms with Gasteiger partial charge in [-0.15, -0.1) is 0 Å². The maximum absolute atomic E-state index is 13.2. The Morgan fingerprint density at radius 3 is 2.52 bits per heavy atom. The van der Waals surface area contributed by atoms with E-state index in [-0.39, 0.29) is 30.4 Å². The van der Waals surface area contributed by atoms with Crippen LogP contribution in [0.3, 0.4) is 0 Å². The fraction of sp³-hybridized carbons (Fsp3) is 0.350. The Morgan fingerprint density at radius 1 is 1.11 bits per heavy atom. The van der Waals surface area contributed by atoms with Gasteiger partial charge in [0.1, 0.15) is 35.4 Å². The normalized spacial score (nSPS) is 19.8. The van der Waals surface area contributed by atoms with E-state index in [4.69, 9.17) is 4.74 Å². The predicted octanol–water partition coefficient (Wildman–Crippen LogP) is 3.08. The fourth-order valence-corrected chi connectivity index (χ4v) is 3.15. The summed E-state index contributed by atoms with van der Waals surface area (Å²) in [5.41, 5.74) is 0.732. The van der Waals surface area contributed by atoms with E-state index in [1.807, 2.05) is 0 Å². The van der Waals surface area contributed by atoms with Crippen molar-refractivity contribution in [1.29, 1.82) is 0 Å². The number of benzene rings is 2. The number of aryl methyl sites for hydroxylation is 1. The summed E-state index contributed by atoms with van der Waals surface area (Å²) in [6.45, 7) is 0.436. The highest BCUT2D eigenvalue weighted by Gasteiger charge is 2.31. The standard InChI is InChI=1S/C20H20F3NO3/c21-14-3-1-2-13(8-14)4-5-20(26)24-7-6-19(18(25)12-24)27-17-10-15(22)9-16(23)11-17/h1-3,8-11,18-19,25H,4-7,12H2/t18-,19-/m1/s1. The van der Waals surface area contributed by atoms with Gasteiger partial charge in [-0.3, -0.25) is 4.79 Å². The van der Waals surface area contributed by atoms with Crippen molar-refractivity contribution in [3.63, 3.8) is 0 Å². The van der Waals surface area contributed by atoms with Crippen molar-refractivity contribution in [3.05, 3.63) is 65.5 Å². The smallest absolute Gasteiger partial charge is 0.222 e. The zero-order chi connectivity index (χ0) is 19.4. The molecule has 1 saturated heterocycles. The first kappa shape index (κ1) is 19.2. The molecule has 2 aromatic rings. The van der Waals surface area contributed by atoms with E-state index >= 15 is 0 Å². The van der Waals surface area contributed by atoms with Crippen molar-refractivity contribution >= 4 is 5.91 Å². The Bertz CT molecular complexity index is 795. The molecule has 144 valence electrons. The van der Waals surface area contributed by atoms with Gasteiger partial charge in [-0.1, -0.05) is 12.1 Å². The van der Waals surface area contributed by atoms with Gasteiger partial charge in [-0.05, 0) is 24.1 Å². The van der Waals surface area contributed by atoms with E-state index in [0.717, 1.165) is 23.8 Å². The van der Waals surface area contributed by atoms with Gasteiger partial charge in [-0.2, -0.15) is 0 Å².